The summed E-state index contributed by atoms with van der Waals surface area (Å²) in [6, 6.07) is 1.03. The van der Waals surface area contributed by atoms with Gasteiger partial charge in [0.25, 0.3) is 5.91 Å². The smallest absolute Gasteiger partial charge is 0.427 e. The number of nitrogens with zero attached hydrogens (tertiary/aromatic N) is 2. The number of nitrogens with one attached hydrogen (secondary N) is 3. The number of aromatic nitrogens is 1. The molecule has 2 aliphatic heterocycles. The Balaban J connectivity index is 1.38. The van der Waals surface area contributed by atoms with Crippen molar-refractivity contribution in [2.75, 3.05) is 13.7 Å². The van der Waals surface area contributed by atoms with E-state index in [1.165, 1.54) is 31.5 Å². The number of hydrogen-bond donors (Lipinski definition) is 3. The molecule has 19 heteroatoms. The van der Waals surface area contributed by atoms with Gasteiger partial charge in [-0.2, -0.15) is 13.2 Å². The minimum Gasteiger partial charge on any atom is -0.494 e. The van der Waals surface area contributed by atoms with E-state index in [1.807, 2.05) is 13.0 Å². The van der Waals surface area contributed by atoms with Gasteiger partial charge in [-0.25, -0.2) is 22.6 Å². The van der Waals surface area contributed by atoms with Crippen molar-refractivity contribution in [3.05, 3.63) is 42.4 Å². The summed E-state index contributed by atoms with van der Waals surface area (Å²) in [5.74, 6) is -4.15. The minimum absolute atomic E-state index is 0.0442. The Labute approximate surface area is 333 Å². The van der Waals surface area contributed by atoms with Gasteiger partial charge in [0.15, 0.2) is 0 Å². The minimum atomic E-state index is -4.94. The average molecular weight is 840 g/mol. The number of hydrogen-bond acceptors (Lipinski definition) is 10. The van der Waals surface area contributed by atoms with E-state index in [4.69, 9.17) is 14.2 Å². The van der Waals surface area contributed by atoms with Crippen LogP contribution in [-0.4, -0.2) is 96.5 Å². The number of halogens is 4. The Morgan fingerprint density at radius 1 is 1.10 bits per heavy atom. The lowest BCUT2D eigenvalue weighted by atomic mass is 9.85. The number of rotatable bonds is 9. The normalized spacial score (nSPS) is 28.9. The molecule has 2 saturated carbocycles. The molecule has 6 rings (SSSR count). The highest BCUT2D eigenvalue weighted by atomic mass is 32.2. The Bertz CT molecular complexity index is 2080. The maximum Gasteiger partial charge on any atom is 0.427 e. The summed E-state index contributed by atoms with van der Waals surface area (Å²) in [4.78, 5) is 61.8. The van der Waals surface area contributed by atoms with Crippen LogP contribution >= 0.6 is 0 Å². The first-order valence-electron chi connectivity index (χ1n) is 19.4. The zero-order valence-corrected chi connectivity index (χ0v) is 33.7. The fourth-order valence-corrected chi connectivity index (χ4v) is 9.11. The van der Waals surface area contributed by atoms with E-state index < -0.39 is 92.2 Å². The molecule has 1 aromatic heterocycles. The number of carbonyl (C=O) groups excluding carboxylic acids is 4. The molecule has 4 amide bonds. The quantitative estimate of drug-likeness (QED) is 0.228. The number of sulfonamides is 1. The van der Waals surface area contributed by atoms with Gasteiger partial charge in [-0.3, -0.25) is 19.1 Å². The fourth-order valence-electron chi connectivity index (χ4n) is 7.74. The predicted molar refractivity (Wildman–Crippen MR) is 201 cm³/mol. The first-order valence-corrected chi connectivity index (χ1v) is 20.9. The van der Waals surface area contributed by atoms with Gasteiger partial charge in [0.05, 0.1) is 30.5 Å². The second-order valence-corrected chi connectivity index (χ2v) is 18.2. The molecule has 0 unspecified atom stereocenters. The Morgan fingerprint density at radius 3 is 2.48 bits per heavy atom. The molecule has 3 fully saturated rings. The van der Waals surface area contributed by atoms with E-state index in [1.54, 1.807) is 13.0 Å². The molecule has 0 spiro atoms. The van der Waals surface area contributed by atoms with E-state index in [2.05, 4.69) is 20.3 Å². The summed E-state index contributed by atoms with van der Waals surface area (Å²) in [6.07, 6.45) is -0.00479. The largest absolute Gasteiger partial charge is 0.494 e. The zero-order chi connectivity index (χ0) is 42.4. The van der Waals surface area contributed by atoms with E-state index in [9.17, 15) is 45.2 Å². The summed E-state index contributed by atoms with van der Waals surface area (Å²) in [6.45, 7) is 4.76. The van der Waals surface area contributed by atoms with E-state index in [0.29, 0.717) is 63.5 Å². The highest BCUT2D eigenvalue weighted by molar-refractivity contribution is 7.91. The number of ether oxygens (including phenoxy) is 3. The first-order chi connectivity index (χ1) is 27.2. The summed E-state index contributed by atoms with van der Waals surface area (Å²) < 4.78 is 100. The standard InChI is InChI=1S/C39H49F4N5O9S/c1-6-22-15-21(2)9-7-8-10-23-18-38(23,35(51)47-58(53,54)26-12-13-26)46-32(49)29-17-25(56-33-28-16-24(40)11-14-27(28)30(55-5)19-44-33)20-48(29)34(50)31(22)45-36(52)57-37(3,4)39(41,42)43/h8,10-11,14,16,19,21-23,25-26,29,31H,6-7,9,12-13,15,17-18,20H2,1-5H3,(H,45,52)(H,46,49)(H,47,51)/b10-8-/t21-,22-,23-,25-,29+,31+,38-/m1/s1. The van der Waals surface area contributed by atoms with Crippen molar-refractivity contribution in [2.24, 2.45) is 17.8 Å². The van der Waals surface area contributed by atoms with Crippen molar-refractivity contribution in [2.45, 2.75) is 120 Å². The Kier molecular flexibility index (Phi) is 12.0. The molecule has 1 saturated heterocycles. The fraction of sp³-hybridized carbons (Fsp3) is 0.615. The molecule has 3 N–H and O–H groups in total. The third-order valence-corrected chi connectivity index (χ3v) is 13.4. The van der Waals surface area contributed by atoms with Gasteiger partial charge < -0.3 is 29.7 Å². The maximum absolute atomic E-state index is 14.8. The number of amides is 4. The van der Waals surface area contributed by atoms with Crippen LogP contribution in [0.3, 0.4) is 0 Å². The maximum atomic E-state index is 14.8. The predicted octanol–water partition coefficient (Wildman–Crippen LogP) is 5.05. The van der Waals surface area contributed by atoms with Gasteiger partial charge in [0.1, 0.15) is 35.3 Å². The van der Waals surface area contributed by atoms with E-state index in [-0.39, 0.29) is 36.6 Å². The number of alkyl halides is 3. The number of pyridine rings is 1. The number of fused-ring (bicyclic) bond motifs is 3. The number of carbonyl (C=O) groups is 4. The Hall–Kier alpha value is -4.68. The molecule has 7 atom stereocenters. The van der Waals surface area contributed by atoms with Crippen molar-refractivity contribution in [1.82, 2.24) is 25.2 Å². The molecule has 4 aliphatic rings. The van der Waals surface area contributed by atoms with Crippen molar-refractivity contribution in [3.8, 4) is 11.6 Å². The molecule has 3 heterocycles. The number of alkyl carbamates (subject to hydrolysis) is 1. The van der Waals surface area contributed by atoms with Crippen molar-refractivity contribution >= 4 is 44.6 Å². The van der Waals surface area contributed by atoms with Crippen LogP contribution in [0.15, 0.2) is 36.5 Å². The van der Waals surface area contributed by atoms with Gasteiger partial charge in [-0.1, -0.05) is 32.4 Å². The SMILES string of the molecule is CC[C@@H]1C[C@H](C)CC/C=C\[C@@H]2C[C@@]2(C(=O)NS(=O)(=O)C2CC2)NC(=O)[C@@H]2C[C@@H](Oc3ncc(OC)c4ccc(F)cc34)CN2C(=O)[C@H]1NC(=O)OC(C)(C)C(F)(F)F. The van der Waals surface area contributed by atoms with Crippen LogP contribution in [0.2, 0.25) is 0 Å². The molecule has 2 aromatic rings. The lowest BCUT2D eigenvalue weighted by Crippen LogP contribution is -2.59. The number of benzene rings is 1. The monoisotopic (exact) mass is 839 g/mol. The average Bonchev–Trinajstić information content (AvgIpc) is 4.07. The van der Waals surface area contributed by atoms with Crippen molar-refractivity contribution in [1.29, 1.82) is 0 Å². The van der Waals surface area contributed by atoms with Crippen LogP contribution in [0, 0.1) is 23.6 Å². The topological polar surface area (TPSA) is 182 Å². The highest BCUT2D eigenvalue weighted by Gasteiger charge is 2.62. The molecule has 14 nitrogen and oxygen atoms in total. The van der Waals surface area contributed by atoms with Crippen LogP contribution in [0.25, 0.3) is 10.8 Å². The van der Waals surface area contributed by atoms with Crippen LogP contribution in [0.5, 0.6) is 11.6 Å². The second-order valence-electron chi connectivity index (χ2n) is 16.3. The van der Waals surface area contributed by atoms with Crippen LogP contribution in [0.1, 0.15) is 79.1 Å². The number of allylic oxidation sites excluding steroid dienone is 1. The molecular formula is C39H49F4N5O9S. The van der Waals surface area contributed by atoms with Gasteiger partial charge >= 0.3 is 12.3 Å². The van der Waals surface area contributed by atoms with Crippen LogP contribution in [-0.2, 0) is 29.1 Å². The Morgan fingerprint density at radius 2 is 1.83 bits per heavy atom. The second kappa shape index (κ2) is 16.2. The van der Waals surface area contributed by atoms with E-state index >= 15 is 0 Å². The molecule has 0 radical (unpaired) electrons. The molecular weight excluding hydrogens is 791 g/mol. The summed E-state index contributed by atoms with van der Waals surface area (Å²) >= 11 is 0. The molecule has 0 bridgehead atoms. The summed E-state index contributed by atoms with van der Waals surface area (Å²) in [5, 5.41) is 5.11. The van der Waals surface area contributed by atoms with E-state index in [0.717, 1.165) is 4.90 Å². The molecule has 1 aromatic carbocycles. The van der Waals surface area contributed by atoms with Crippen molar-refractivity contribution in [3.63, 3.8) is 0 Å². The summed E-state index contributed by atoms with van der Waals surface area (Å²) in [7, 11) is -2.60. The summed E-state index contributed by atoms with van der Waals surface area (Å²) in [5.41, 5.74) is -4.58. The van der Waals surface area contributed by atoms with Gasteiger partial charge in [0.2, 0.25) is 33.3 Å². The zero-order valence-electron chi connectivity index (χ0n) is 32.9. The van der Waals surface area contributed by atoms with Gasteiger partial charge in [-0.05, 0) is 82.4 Å². The third kappa shape index (κ3) is 8.98. The first kappa shape index (κ1) is 42.9. The highest BCUT2D eigenvalue weighted by Crippen LogP contribution is 2.46. The number of methoxy groups -OCH3 is 1. The van der Waals surface area contributed by atoms with Crippen molar-refractivity contribution < 1.29 is 59.4 Å². The molecule has 58 heavy (non-hydrogen) atoms. The van der Waals surface area contributed by atoms with Crippen LogP contribution in [0.4, 0.5) is 22.4 Å². The molecule has 2 aliphatic carbocycles. The van der Waals surface area contributed by atoms with Gasteiger partial charge in [-0.15, -0.1) is 0 Å². The lowest BCUT2D eigenvalue weighted by Gasteiger charge is -2.35. The third-order valence-electron chi connectivity index (χ3n) is 11.6. The van der Waals surface area contributed by atoms with Crippen LogP contribution < -0.4 is 24.8 Å². The molecule has 318 valence electrons. The van der Waals surface area contributed by atoms with Gasteiger partial charge in [0, 0.05) is 17.7 Å². The lowest BCUT2D eigenvalue weighted by molar-refractivity contribution is -0.244.